The summed E-state index contributed by atoms with van der Waals surface area (Å²) in [6.45, 7) is 3.57. The third-order valence-corrected chi connectivity index (χ3v) is 2.88. The highest BCUT2D eigenvalue weighted by molar-refractivity contribution is 7.80. The van der Waals surface area contributed by atoms with E-state index in [2.05, 4.69) is 5.32 Å². The molecule has 0 aliphatic carbocycles. The molecule has 0 spiro atoms. The molecule has 1 atom stereocenters. The van der Waals surface area contributed by atoms with Gasteiger partial charge in [-0.3, -0.25) is 4.79 Å². The van der Waals surface area contributed by atoms with E-state index in [0.29, 0.717) is 10.7 Å². The first kappa shape index (κ1) is 12.9. The zero-order chi connectivity index (χ0) is 12.3. The summed E-state index contributed by atoms with van der Waals surface area (Å²) >= 11 is 10.7. The minimum Gasteiger partial charge on any atom is -0.393 e. The van der Waals surface area contributed by atoms with Gasteiger partial charge in [0.25, 0.3) is 0 Å². The molecule has 0 fully saturated rings. The number of benzene rings is 1. The Morgan fingerprint density at radius 1 is 1.56 bits per heavy atom. The molecular weight excluding hydrogens is 244 g/mol. The second-order valence-electron chi connectivity index (χ2n) is 3.60. The number of hydrogen-bond acceptors (Lipinski definition) is 2. The molecule has 0 saturated carbocycles. The Labute approximate surface area is 105 Å². The number of thiocarbonyl (C=S) groups is 1. The van der Waals surface area contributed by atoms with Gasteiger partial charge in [-0.1, -0.05) is 29.9 Å². The summed E-state index contributed by atoms with van der Waals surface area (Å²) in [6, 6.07) is 5.40. The van der Waals surface area contributed by atoms with Crippen molar-refractivity contribution in [2.45, 2.75) is 13.8 Å². The van der Waals surface area contributed by atoms with Crippen molar-refractivity contribution in [2.24, 2.45) is 11.7 Å². The van der Waals surface area contributed by atoms with E-state index in [1.54, 1.807) is 19.1 Å². The highest BCUT2D eigenvalue weighted by Crippen LogP contribution is 2.23. The molecule has 0 aromatic heterocycles. The van der Waals surface area contributed by atoms with Gasteiger partial charge in [0.15, 0.2) is 0 Å². The zero-order valence-corrected chi connectivity index (χ0v) is 10.7. The Morgan fingerprint density at radius 3 is 2.75 bits per heavy atom. The SMILES string of the molecule is Cc1ccc(Cl)c(NC(=O)C(C)C(N)=S)c1. The number of rotatable bonds is 3. The smallest absolute Gasteiger partial charge is 0.234 e. The highest BCUT2D eigenvalue weighted by atomic mass is 35.5. The summed E-state index contributed by atoms with van der Waals surface area (Å²) in [7, 11) is 0. The molecule has 0 heterocycles. The predicted octanol–water partition coefficient (Wildman–Crippen LogP) is 2.51. The third-order valence-electron chi connectivity index (χ3n) is 2.20. The van der Waals surface area contributed by atoms with Gasteiger partial charge in [-0.25, -0.2) is 0 Å². The summed E-state index contributed by atoms with van der Waals surface area (Å²) in [4.78, 5) is 11.8. The summed E-state index contributed by atoms with van der Waals surface area (Å²) in [6.07, 6.45) is 0. The number of nitrogens with two attached hydrogens (primary N) is 1. The van der Waals surface area contributed by atoms with Crippen molar-refractivity contribution in [1.29, 1.82) is 0 Å². The Balaban J connectivity index is 2.84. The predicted molar refractivity (Wildman–Crippen MR) is 70.8 cm³/mol. The van der Waals surface area contributed by atoms with Crippen LogP contribution in [-0.2, 0) is 4.79 Å². The summed E-state index contributed by atoms with van der Waals surface area (Å²) in [5, 5.41) is 3.19. The fourth-order valence-electron chi connectivity index (χ4n) is 1.11. The van der Waals surface area contributed by atoms with E-state index in [-0.39, 0.29) is 10.9 Å². The second-order valence-corrected chi connectivity index (χ2v) is 4.48. The number of carbonyl (C=O) groups excluding carboxylic acids is 1. The molecular formula is C11H13ClN2OS. The molecule has 86 valence electrons. The van der Waals surface area contributed by atoms with Crippen molar-refractivity contribution in [3.8, 4) is 0 Å². The molecule has 3 nitrogen and oxygen atoms in total. The quantitative estimate of drug-likeness (QED) is 0.817. The average molecular weight is 257 g/mol. The van der Waals surface area contributed by atoms with Crippen LogP contribution in [0.4, 0.5) is 5.69 Å². The van der Waals surface area contributed by atoms with Crippen LogP contribution in [0, 0.1) is 12.8 Å². The van der Waals surface area contributed by atoms with Crippen molar-refractivity contribution in [3.05, 3.63) is 28.8 Å². The summed E-state index contributed by atoms with van der Waals surface area (Å²) in [5.41, 5.74) is 6.99. The molecule has 16 heavy (non-hydrogen) atoms. The zero-order valence-electron chi connectivity index (χ0n) is 9.08. The maximum absolute atomic E-state index is 11.7. The lowest BCUT2D eigenvalue weighted by molar-refractivity contribution is -0.117. The first-order valence-corrected chi connectivity index (χ1v) is 5.56. The van der Waals surface area contributed by atoms with Gasteiger partial charge < -0.3 is 11.1 Å². The van der Waals surface area contributed by atoms with Crippen molar-refractivity contribution < 1.29 is 4.79 Å². The van der Waals surface area contributed by atoms with Gasteiger partial charge in [0.05, 0.1) is 21.6 Å². The molecule has 1 aromatic rings. The Kier molecular flexibility index (Phi) is 4.26. The molecule has 1 amide bonds. The van der Waals surface area contributed by atoms with Crippen LogP contribution in [0.25, 0.3) is 0 Å². The van der Waals surface area contributed by atoms with E-state index in [1.165, 1.54) is 0 Å². The van der Waals surface area contributed by atoms with Crippen LogP contribution >= 0.6 is 23.8 Å². The number of aryl methyl sites for hydroxylation is 1. The minimum absolute atomic E-state index is 0.168. The van der Waals surface area contributed by atoms with Crippen LogP contribution in [0.5, 0.6) is 0 Å². The molecule has 1 unspecified atom stereocenters. The lowest BCUT2D eigenvalue weighted by Gasteiger charge is -2.12. The fourth-order valence-corrected chi connectivity index (χ4v) is 1.38. The van der Waals surface area contributed by atoms with E-state index in [0.717, 1.165) is 5.56 Å². The molecule has 0 aliphatic heterocycles. The van der Waals surface area contributed by atoms with Gasteiger partial charge in [-0.05, 0) is 31.5 Å². The van der Waals surface area contributed by atoms with E-state index >= 15 is 0 Å². The number of amides is 1. The molecule has 0 saturated heterocycles. The highest BCUT2D eigenvalue weighted by Gasteiger charge is 2.16. The molecule has 0 radical (unpaired) electrons. The van der Waals surface area contributed by atoms with Gasteiger partial charge in [0.2, 0.25) is 5.91 Å². The monoisotopic (exact) mass is 256 g/mol. The largest absolute Gasteiger partial charge is 0.393 e. The van der Waals surface area contributed by atoms with Crippen molar-refractivity contribution >= 4 is 40.4 Å². The molecule has 0 aliphatic rings. The molecule has 1 rings (SSSR count). The number of anilines is 1. The van der Waals surface area contributed by atoms with Gasteiger partial charge in [0, 0.05) is 0 Å². The van der Waals surface area contributed by atoms with Gasteiger partial charge >= 0.3 is 0 Å². The van der Waals surface area contributed by atoms with E-state index in [9.17, 15) is 4.79 Å². The Hall–Kier alpha value is -1.13. The lowest BCUT2D eigenvalue weighted by Crippen LogP contribution is -2.30. The average Bonchev–Trinajstić information content (AvgIpc) is 2.22. The van der Waals surface area contributed by atoms with E-state index < -0.39 is 5.92 Å². The van der Waals surface area contributed by atoms with E-state index in [4.69, 9.17) is 29.6 Å². The van der Waals surface area contributed by atoms with Gasteiger partial charge in [0.1, 0.15) is 0 Å². The molecule has 1 aromatic carbocycles. The molecule has 3 N–H and O–H groups in total. The second kappa shape index (κ2) is 5.27. The van der Waals surface area contributed by atoms with Crippen LogP contribution < -0.4 is 11.1 Å². The molecule has 5 heteroatoms. The normalized spacial score (nSPS) is 11.9. The van der Waals surface area contributed by atoms with Crippen molar-refractivity contribution in [2.75, 3.05) is 5.32 Å². The van der Waals surface area contributed by atoms with E-state index in [1.807, 2.05) is 13.0 Å². The van der Waals surface area contributed by atoms with Gasteiger partial charge in [-0.2, -0.15) is 0 Å². The van der Waals surface area contributed by atoms with Crippen LogP contribution in [0.1, 0.15) is 12.5 Å². The van der Waals surface area contributed by atoms with Crippen molar-refractivity contribution in [3.63, 3.8) is 0 Å². The van der Waals surface area contributed by atoms with Crippen molar-refractivity contribution in [1.82, 2.24) is 0 Å². The maximum Gasteiger partial charge on any atom is 0.234 e. The Bertz CT molecular complexity index is 434. The minimum atomic E-state index is -0.508. The third kappa shape index (κ3) is 3.18. The van der Waals surface area contributed by atoms with Crippen LogP contribution in [0.3, 0.4) is 0 Å². The lowest BCUT2D eigenvalue weighted by atomic mass is 10.1. The standard InChI is InChI=1S/C11H13ClN2OS/c1-6-3-4-8(12)9(5-6)14-11(15)7(2)10(13)16/h3-5,7H,1-2H3,(H2,13,16)(H,14,15). The topological polar surface area (TPSA) is 55.1 Å². The van der Waals surface area contributed by atoms with Gasteiger partial charge in [-0.15, -0.1) is 0 Å². The first-order valence-electron chi connectivity index (χ1n) is 4.78. The summed E-state index contributed by atoms with van der Waals surface area (Å²) in [5.74, 6) is -0.758. The summed E-state index contributed by atoms with van der Waals surface area (Å²) < 4.78 is 0. The van der Waals surface area contributed by atoms with Crippen LogP contribution in [0.2, 0.25) is 5.02 Å². The number of carbonyl (C=O) groups is 1. The Morgan fingerprint density at radius 2 is 2.19 bits per heavy atom. The molecule has 0 bridgehead atoms. The van der Waals surface area contributed by atoms with Crippen LogP contribution in [0.15, 0.2) is 18.2 Å². The number of nitrogens with one attached hydrogen (secondary N) is 1. The number of hydrogen-bond donors (Lipinski definition) is 2. The first-order chi connectivity index (χ1) is 7.41. The number of halogens is 1. The maximum atomic E-state index is 11.7. The van der Waals surface area contributed by atoms with Crippen LogP contribution in [-0.4, -0.2) is 10.9 Å². The fraction of sp³-hybridized carbons (Fsp3) is 0.273.